The number of carbonyl (C=O) groups excluding carboxylic acids is 1. The summed E-state index contributed by atoms with van der Waals surface area (Å²) in [6.45, 7) is 3.29. The quantitative estimate of drug-likeness (QED) is 0.239. The molecule has 1 saturated heterocycles. The fourth-order valence-corrected chi connectivity index (χ4v) is 4.42. The van der Waals surface area contributed by atoms with Gasteiger partial charge in [-0.1, -0.05) is 0 Å². The lowest BCUT2D eigenvalue weighted by Crippen LogP contribution is -2.36. The third kappa shape index (κ3) is 6.09. The van der Waals surface area contributed by atoms with E-state index in [9.17, 15) is 22.4 Å². The van der Waals surface area contributed by atoms with Gasteiger partial charge in [0.1, 0.15) is 34.6 Å². The molecule has 0 atom stereocenters. The van der Waals surface area contributed by atoms with Crippen molar-refractivity contribution in [3.63, 3.8) is 0 Å². The average molecular weight is 559 g/mol. The number of carbonyl (C=O) groups is 1. The van der Waals surface area contributed by atoms with Crippen molar-refractivity contribution in [3.8, 4) is 17.4 Å². The Morgan fingerprint density at radius 3 is 2.62 bits per heavy atom. The van der Waals surface area contributed by atoms with Crippen molar-refractivity contribution in [2.75, 3.05) is 30.8 Å². The summed E-state index contributed by atoms with van der Waals surface area (Å²) in [6, 6.07) is 5.25. The molecular weight excluding hydrogens is 532 g/mol. The largest absolute Gasteiger partial charge is 0.474 e. The van der Waals surface area contributed by atoms with Crippen molar-refractivity contribution in [1.29, 1.82) is 0 Å². The zero-order valence-corrected chi connectivity index (χ0v) is 21.6. The molecule has 0 bridgehead atoms. The maximum Gasteiger partial charge on any atom is 0.421 e. The van der Waals surface area contributed by atoms with E-state index in [0.717, 1.165) is 29.3 Å². The Morgan fingerprint density at radius 2 is 1.90 bits per heavy atom. The van der Waals surface area contributed by atoms with Gasteiger partial charge in [-0.3, -0.25) is 0 Å². The van der Waals surface area contributed by atoms with E-state index in [1.165, 1.54) is 12.1 Å². The van der Waals surface area contributed by atoms with Gasteiger partial charge in [-0.25, -0.2) is 19.2 Å². The normalized spacial score (nSPS) is 14.8. The van der Waals surface area contributed by atoms with Crippen LogP contribution in [0.3, 0.4) is 0 Å². The number of H-pyrrole nitrogens is 1. The molecule has 1 aromatic carbocycles. The van der Waals surface area contributed by atoms with Gasteiger partial charge in [-0.05, 0) is 56.6 Å². The Labute approximate surface area is 226 Å². The van der Waals surface area contributed by atoms with E-state index in [1.807, 2.05) is 14.0 Å². The predicted octanol–water partition coefficient (Wildman–Crippen LogP) is 6.33. The van der Waals surface area contributed by atoms with E-state index in [0.29, 0.717) is 37.3 Å². The van der Waals surface area contributed by atoms with Crippen LogP contribution in [0.15, 0.2) is 48.9 Å². The number of likely N-dealkylation sites (tertiary alicyclic amines) is 1. The van der Waals surface area contributed by atoms with E-state index in [-0.39, 0.29) is 17.1 Å². The van der Waals surface area contributed by atoms with Crippen LogP contribution in [0.1, 0.15) is 24.0 Å². The van der Waals surface area contributed by atoms with Gasteiger partial charge in [0, 0.05) is 31.5 Å². The number of pyridine rings is 2. The molecule has 40 heavy (non-hydrogen) atoms. The number of piperidine rings is 1. The maximum absolute atomic E-state index is 14.8. The maximum atomic E-state index is 14.8. The number of ether oxygens (including phenoxy) is 2. The van der Waals surface area contributed by atoms with E-state index in [1.54, 1.807) is 18.5 Å². The van der Waals surface area contributed by atoms with Crippen molar-refractivity contribution in [1.82, 2.24) is 19.9 Å². The number of aromatic nitrogens is 3. The highest BCUT2D eigenvalue weighted by Gasteiger charge is 2.37. The number of nitrogens with one attached hydrogen (secondary N) is 3. The fraction of sp³-hybridized carbons (Fsp3) is 0.296. The first-order chi connectivity index (χ1) is 19.1. The van der Waals surface area contributed by atoms with Crippen molar-refractivity contribution >= 4 is 28.4 Å². The lowest BCUT2D eigenvalue weighted by molar-refractivity contribution is -0.139. The summed E-state index contributed by atoms with van der Waals surface area (Å²) in [4.78, 5) is 25.6. The molecule has 5 rings (SSSR count). The number of benzene rings is 1. The second-order valence-corrected chi connectivity index (χ2v) is 9.52. The molecule has 4 aromatic rings. The van der Waals surface area contributed by atoms with Crippen molar-refractivity contribution < 1.29 is 31.8 Å². The van der Waals surface area contributed by atoms with Crippen LogP contribution in [0.25, 0.3) is 11.0 Å². The Morgan fingerprint density at radius 1 is 1.12 bits per heavy atom. The topological polar surface area (TPSA) is 104 Å². The van der Waals surface area contributed by atoms with Crippen LogP contribution in [-0.2, 0) is 6.18 Å². The van der Waals surface area contributed by atoms with Crippen LogP contribution in [0, 0.1) is 12.7 Å². The standard InChI is InChI=1S/C27H26F4N6O3/c1-15-13-33-24-23(15)22(5-8-32-24)39-18-3-4-21(20(28)12-18)36-26(38)35-16-11-19(27(29,30)31)25(34-14-16)40-17-6-9-37(2)10-7-17/h3-5,8,11-14,17H,6-7,9-10H2,1-2H3,(H,32,33)(H2,35,36,38). The molecule has 0 saturated carbocycles. The molecule has 1 fully saturated rings. The molecule has 0 unspecified atom stereocenters. The second-order valence-electron chi connectivity index (χ2n) is 9.52. The van der Waals surface area contributed by atoms with E-state index < -0.39 is 35.6 Å². The number of halogens is 4. The van der Waals surface area contributed by atoms with Gasteiger partial charge in [0.2, 0.25) is 5.88 Å². The number of hydrogen-bond donors (Lipinski definition) is 3. The van der Waals surface area contributed by atoms with Crippen LogP contribution in [0.4, 0.5) is 33.7 Å². The first-order valence-electron chi connectivity index (χ1n) is 12.5. The van der Waals surface area contributed by atoms with Gasteiger partial charge >= 0.3 is 12.2 Å². The number of aromatic amines is 1. The molecule has 0 radical (unpaired) electrons. The van der Waals surface area contributed by atoms with Crippen molar-refractivity contribution in [3.05, 3.63) is 65.9 Å². The fourth-order valence-electron chi connectivity index (χ4n) is 4.42. The molecule has 1 aliphatic heterocycles. The third-order valence-electron chi connectivity index (χ3n) is 6.51. The molecule has 1 aliphatic rings. The predicted molar refractivity (Wildman–Crippen MR) is 140 cm³/mol. The summed E-state index contributed by atoms with van der Waals surface area (Å²) >= 11 is 0. The molecule has 2 amide bonds. The number of nitrogens with zero attached hydrogens (tertiary/aromatic N) is 3. The smallest absolute Gasteiger partial charge is 0.421 e. The minimum Gasteiger partial charge on any atom is -0.474 e. The SMILES string of the molecule is Cc1c[nH]c2nccc(Oc3ccc(NC(=O)Nc4cnc(OC5CCN(C)CC5)c(C(F)(F)F)c4)c(F)c3)c12. The molecule has 3 N–H and O–H groups in total. The van der Waals surface area contributed by atoms with Crippen LogP contribution >= 0.6 is 0 Å². The minimum atomic E-state index is -4.76. The summed E-state index contributed by atoms with van der Waals surface area (Å²) in [5.41, 5.74) is -0.0221. The van der Waals surface area contributed by atoms with Gasteiger partial charge in [0.05, 0.1) is 23.0 Å². The number of rotatable bonds is 6. The number of hydrogen-bond acceptors (Lipinski definition) is 6. The minimum absolute atomic E-state index is 0.177. The lowest BCUT2D eigenvalue weighted by atomic mass is 10.1. The summed E-state index contributed by atoms with van der Waals surface area (Å²) in [7, 11) is 1.93. The van der Waals surface area contributed by atoms with Crippen molar-refractivity contribution in [2.24, 2.45) is 0 Å². The highest BCUT2D eigenvalue weighted by molar-refractivity contribution is 5.99. The Hall–Kier alpha value is -4.39. The molecule has 3 aromatic heterocycles. The zero-order valence-electron chi connectivity index (χ0n) is 21.6. The van der Waals surface area contributed by atoms with Crippen LogP contribution in [-0.4, -0.2) is 52.1 Å². The highest BCUT2D eigenvalue weighted by atomic mass is 19.4. The lowest BCUT2D eigenvalue weighted by Gasteiger charge is -2.29. The Bertz CT molecular complexity index is 1530. The van der Waals surface area contributed by atoms with Gasteiger partial charge in [0.15, 0.2) is 0 Å². The van der Waals surface area contributed by atoms with E-state index >= 15 is 0 Å². The second kappa shape index (κ2) is 11.0. The number of aryl methyl sites for hydroxylation is 1. The Kier molecular flexibility index (Phi) is 7.48. The molecule has 0 spiro atoms. The molecular formula is C27H26F4N6O3. The average Bonchev–Trinajstić information content (AvgIpc) is 3.29. The molecule has 13 heteroatoms. The summed E-state index contributed by atoms with van der Waals surface area (Å²) in [5, 5.41) is 5.30. The number of alkyl halides is 3. The van der Waals surface area contributed by atoms with E-state index in [4.69, 9.17) is 9.47 Å². The molecule has 4 heterocycles. The number of urea groups is 1. The monoisotopic (exact) mass is 558 g/mol. The number of amides is 2. The van der Waals surface area contributed by atoms with Crippen LogP contribution in [0.5, 0.6) is 17.4 Å². The first-order valence-corrected chi connectivity index (χ1v) is 12.5. The number of fused-ring (bicyclic) bond motifs is 1. The van der Waals surface area contributed by atoms with Gasteiger partial charge in [-0.2, -0.15) is 13.2 Å². The summed E-state index contributed by atoms with van der Waals surface area (Å²) < 4.78 is 67.4. The first kappa shape index (κ1) is 27.2. The zero-order chi connectivity index (χ0) is 28.4. The summed E-state index contributed by atoms with van der Waals surface area (Å²) in [6.07, 6.45) is 0.390. The van der Waals surface area contributed by atoms with E-state index in [2.05, 4.69) is 30.5 Å². The van der Waals surface area contributed by atoms with Crippen LogP contribution < -0.4 is 20.1 Å². The van der Waals surface area contributed by atoms with Crippen LogP contribution in [0.2, 0.25) is 0 Å². The Balaban J connectivity index is 1.26. The van der Waals surface area contributed by atoms with Gasteiger partial charge in [-0.15, -0.1) is 0 Å². The molecule has 0 aliphatic carbocycles. The van der Waals surface area contributed by atoms with Gasteiger partial charge < -0.3 is 30.0 Å². The third-order valence-corrected chi connectivity index (χ3v) is 6.51. The van der Waals surface area contributed by atoms with Crippen molar-refractivity contribution in [2.45, 2.75) is 32.0 Å². The highest BCUT2D eigenvalue weighted by Crippen LogP contribution is 2.37. The molecule has 9 nitrogen and oxygen atoms in total. The molecule has 210 valence electrons. The number of anilines is 2. The summed E-state index contributed by atoms with van der Waals surface area (Å²) in [5.74, 6) is -0.704. The van der Waals surface area contributed by atoms with Gasteiger partial charge in [0.25, 0.3) is 0 Å².